The van der Waals surface area contributed by atoms with Crippen LogP contribution in [0.25, 0.3) is 0 Å². The largest absolute Gasteiger partial charge is 0.481 e. The fourth-order valence-corrected chi connectivity index (χ4v) is 3.11. The van der Waals surface area contributed by atoms with Gasteiger partial charge >= 0.3 is 5.97 Å². The van der Waals surface area contributed by atoms with Gasteiger partial charge in [-0.2, -0.15) is 0 Å². The number of carboxylic acid groups (broad SMARTS) is 1. The number of amides is 1. The number of aliphatic carboxylic acids is 1. The zero-order valence-electron chi connectivity index (χ0n) is 11.7. The van der Waals surface area contributed by atoms with Crippen LogP contribution in [0.4, 0.5) is 0 Å². The lowest BCUT2D eigenvalue weighted by molar-refractivity contribution is -0.141. The Hall–Kier alpha value is -1.10. The summed E-state index contributed by atoms with van der Waals surface area (Å²) in [5.41, 5.74) is 0. The highest BCUT2D eigenvalue weighted by Crippen LogP contribution is 2.19. The molecule has 1 amide bonds. The van der Waals surface area contributed by atoms with Gasteiger partial charge in [-0.25, -0.2) is 0 Å². The van der Waals surface area contributed by atoms with Gasteiger partial charge in [-0.05, 0) is 32.7 Å². The van der Waals surface area contributed by atoms with E-state index >= 15 is 0 Å². The van der Waals surface area contributed by atoms with E-state index in [-0.39, 0.29) is 12.3 Å². The average molecular weight is 268 g/mol. The molecule has 5 heteroatoms. The molecule has 19 heavy (non-hydrogen) atoms. The number of carbonyl (C=O) groups is 2. The van der Waals surface area contributed by atoms with Crippen LogP contribution in [0.2, 0.25) is 0 Å². The van der Waals surface area contributed by atoms with Gasteiger partial charge in [0, 0.05) is 32.1 Å². The normalized spacial score (nSPS) is 28.9. The summed E-state index contributed by atoms with van der Waals surface area (Å²) < 4.78 is 0. The van der Waals surface area contributed by atoms with Gasteiger partial charge in [0.1, 0.15) is 0 Å². The Balaban J connectivity index is 1.71. The van der Waals surface area contributed by atoms with Gasteiger partial charge in [0.05, 0.1) is 5.92 Å². The molecule has 108 valence electrons. The number of carbonyl (C=O) groups excluding carboxylic acids is 1. The Kier molecular flexibility index (Phi) is 4.80. The summed E-state index contributed by atoms with van der Waals surface area (Å²) in [5, 5.41) is 8.93. The quantitative estimate of drug-likeness (QED) is 0.813. The van der Waals surface area contributed by atoms with Crippen molar-refractivity contribution in [3.63, 3.8) is 0 Å². The van der Waals surface area contributed by atoms with E-state index in [1.165, 1.54) is 19.3 Å². The second-order valence-electron chi connectivity index (χ2n) is 5.81. The first-order valence-corrected chi connectivity index (χ1v) is 7.32. The second kappa shape index (κ2) is 6.37. The van der Waals surface area contributed by atoms with Crippen molar-refractivity contribution in [2.45, 2.75) is 45.1 Å². The van der Waals surface area contributed by atoms with E-state index in [4.69, 9.17) is 5.11 Å². The third-order valence-corrected chi connectivity index (χ3v) is 4.38. The predicted molar refractivity (Wildman–Crippen MR) is 71.8 cm³/mol. The Morgan fingerprint density at radius 1 is 1.37 bits per heavy atom. The Bertz CT molecular complexity index is 346. The molecule has 0 aromatic carbocycles. The van der Waals surface area contributed by atoms with Crippen molar-refractivity contribution >= 4 is 11.9 Å². The van der Waals surface area contributed by atoms with Gasteiger partial charge in [-0.15, -0.1) is 0 Å². The molecule has 2 saturated heterocycles. The van der Waals surface area contributed by atoms with Crippen molar-refractivity contribution in [2.75, 3.05) is 26.2 Å². The maximum Gasteiger partial charge on any atom is 0.308 e. The molecule has 0 bridgehead atoms. The van der Waals surface area contributed by atoms with Crippen molar-refractivity contribution in [2.24, 2.45) is 5.92 Å². The number of rotatable bonds is 5. The Labute approximate surface area is 114 Å². The number of carboxylic acids is 1. The van der Waals surface area contributed by atoms with Crippen molar-refractivity contribution in [3.05, 3.63) is 0 Å². The van der Waals surface area contributed by atoms with Crippen LogP contribution >= 0.6 is 0 Å². The summed E-state index contributed by atoms with van der Waals surface area (Å²) in [5.74, 6) is -1.35. The third kappa shape index (κ3) is 3.69. The molecule has 0 aromatic rings. The summed E-state index contributed by atoms with van der Waals surface area (Å²) in [6.45, 7) is 5.53. The van der Waals surface area contributed by atoms with Gasteiger partial charge in [0.15, 0.2) is 0 Å². The molecular formula is C14H24N2O3. The van der Waals surface area contributed by atoms with Crippen LogP contribution in [0, 0.1) is 5.92 Å². The number of hydrogen-bond acceptors (Lipinski definition) is 3. The molecule has 0 spiro atoms. The molecule has 2 fully saturated rings. The molecule has 0 aliphatic carbocycles. The van der Waals surface area contributed by atoms with Gasteiger partial charge < -0.3 is 14.9 Å². The molecule has 2 aliphatic heterocycles. The van der Waals surface area contributed by atoms with E-state index in [0.717, 1.165) is 19.5 Å². The molecule has 0 saturated carbocycles. The van der Waals surface area contributed by atoms with E-state index in [9.17, 15) is 9.59 Å². The maximum absolute atomic E-state index is 11.7. The second-order valence-corrected chi connectivity index (χ2v) is 5.81. The maximum atomic E-state index is 11.7. The van der Waals surface area contributed by atoms with Crippen molar-refractivity contribution < 1.29 is 14.7 Å². The third-order valence-electron chi connectivity index (χ3n) is 4.38. The van der Waals surface area contributed by atoms with E-state index in [2.05, 4.69) is 11.8 Å². The molecule has 0 radical (unpaired) electrons. The van der Waals surface area contributed by atoms with Gasteiger partial charge in [-0.1, -0.05) is 6.42 Å². The zero-order valence-corrected chi connectivity index (χ0v) is 11.7. The molecule has 2 aliphatic rings. The molecule has 2 heterocycles. The molecule has 1 N–H and O–H groups in total. The van der Waals surface area contributed by atoms with Crippen LogP contribution in [-0.2, 0) is 9.59 Å². The fourth-order valence-electron chi connectivity index (χ4n) is 3.11. The van der Waals surface area contributed by atoms with Crippen molar-refractivity contribution in [1.82, 2.24) is 9.80 Å². The van der Waals surface area contributed by atoms with Gasteiger partial charge in [-0.3, -0.25) is 9.59 Å². The molecule has 2 unspecified atom stereocenters. The predicted octanol–water partition coefficient (Wildman–Crippen LogP) is 1.18. The number of piperidine rings is 1. The molecule has 5 nitrogen and oxygen atoms in total. The van der Waals surface area contributed by atoms with E-state index in [1.807, 2.05) is 0 Å². The van der Waals surface area contributed by atoms with Gasteiger partial charge in [0.2, 0.25) is 5.91 Å². The molecule has 2 rings (SSSR count). The smallest absolute Gasteiger partial charge is 0.308 e. The number of likely N-dealkylation sites (tertiary alicyclic amines) is 2. The lowest BCUT2D eigenvalue weighted by atomic mass is 10.0. The minimum Gasteiger partial charge on any atom is -0.481 e. The van der Waals surface area contributed by atoms with Crippen LogP contribution < -0.4 is 0 Å². The lowest BCUT2D eigenvalue weighted by Crippen LogP contribution is -2.39. The highest BCUT2D eigenvalue weighted by Gasteiger charge is 2.33. The minimum atomic E-state index is -0.847. The van der Waals surface area contributed by atoms with Crippen LogP contribution in [-0.4, -0.2) is 59.0 Å². The average Bonchev–Trinajstić information content (AvgIpc) is 2.74. The van der Waals surface area contributed by atoms with Crippen molar-refractivity contribution in [3.8, 4) is 0 Å². The van der Waals surface area contributed by atoms with Crippen molar-refractivity contribution in [1.29, 1.82) is 0 Å². The number of nitrogens with zero attached hydrogens (tertiary/aromatic N) is 2. The summed E-state index contributed by atoms with van der Waals surface area (Å²) in [6, 6.07) is 0.648. The van der Waals surface area contributed by atoms with Crippen LogP contribution in [0.3, 0.4) is 0 Å². The highest BCUT2D eigenvalue weighted by molar-refractivity contribution is 5.86. The summed E-state index contributed by atoms with van der Waals surface area (Å²) in [7, 11) is 0. The van der Waals surface area contributed by atoms with E-state index in [1.54, 1.807) is 4.90 Å². The molecule has 2 atom stereocenters. The Morgan fingerprint density at radius 3 is 2.79 bits per heavy atom. The van der Waals surface area contributed by atoms with Gasteiger partial charge in [0.25, 0.3) is 0 Å². The lowest BCUT2D eigenvalue weighted by Gasteiger charge is -2.33. The topological polar surface area (TPSA) is 60.9 Å². The first-order chi connectivity index (χ1) is 9.08. The first kappa shape index (κ1) is 14.3. The summed E-state index contributed by atoms with van der Waals surface area (Å²) in [4.78, 5) is 26.8. The van der Waals surface area contributed by atoms with E-state index < -0.39 is 11.9 Å². The van der Waals surface area contributed by atoms with Crippen LogP contribution in [0.1, 0.15) is 39.0 Å². The summed E-state index contributed by atoms with van der Waals surface area (Å²) in [6.07, 6.45) is 4.98. The van der Waals surface area contributed by atoms with E-state index in [0.29, 0.717) is 19.1 Å². The highest BCUT2D eigenvalue weighted by atomic mass is 16.4. The standard InChI is InChI=1S/C14H24N2O3/c1-11-5-2-3-6-15(11)7-4-8-16-10-12(14(18)19)9-13(16)17/h11-12H,2-10H2,1H3,(H,18,19). The number of hydrogen-bond donors (Lipinski definition) is 1. The zero-order chi connectivity index (χ0) is 13.8. The monoisotopic (exact) mass is 268 g/mol. The van der Waals surface area contributed by atoms with Crippen LogP contribution in [0.5, 0.6) is 0 Å². The first-order valence-electron chi connectivity index (χ1n) is 7.32. The molecule has 0 aromatic heterocycles. The minimum absolute atomic E-state index is 0.000840. The van der Waals surface area contributed by atoms with Crippen LogP contribution in [0.15, 0.2) is 0 Å². The fraction of sp³-hybridized carbons (Fsp3) is 0.857. The SMILES string of the molecule is CC1CCCCN1CCCN1CC(C(=O)O)CC1=O. The summed E-state index contributed by atoms with van der Waals surface area (Å²) >= 11 is 0. The molecular weight excluding hydrogens is 244 g/mol. The Morgan fingerprint density at radius 2 is 2.16 bits per heavy atom.